The maximum atomic E-state index is 13.0. The molecule has 0 aliphatic carbocycles. The van der Waals surface area contributed by atoms with E-state index in [-0.39, 0.29) is 18.4 Å². The van der Waals surface area contributed by atoms with E-state index in [1.54, 1.807) is 50.2 Å². The average Bonchev–Trinajstić information content (AvgIpc) is 3.04. The van der Waals surface area contributed by atoms with Gasteiger partial charge in [-0.2, -0.15) is 0 Å². The standard InChI is InChI=1S/C24H20N2O4S/c1-25-18-9-8-14(29-2)12-21(18)31-22-17(20(30-3)11-10-19(22)25)13-26-23(27)15-6-4-5-7-16(15)24(26)28/h4-12H,13H2,1-3H3. The molecule has 0 unspecified atom stereocenters. The Morgan fingerprint density at radius 2 is 1.55 bits per heavy atom. The third-order valence-corrected chi connectivity index (χ3v) is 6.92. The topological polar surface area (TPSA) is 59.1 Å². The van der Waals surface area contributed by atoms with Crippen LogP contribution in [-0.4, -0.2) is 38.0 Å². The van der Waals surface area contributed by atoms with Crippen LogP contribution in [0.15, 0.2) is 64.4 Å². The van der Waals surface area contributed by atoms with Gasteiger partial charge in [-0.15, -0.1) is 0 Å². The number of fused-ring (bicyclic) bond motifs is 3. The molecule has 2 aliphatic heterocycles. The first-order chi connectivity index (χ1) is 15.0. The van der Waals surface area contributed by atoms with Gasteiger partial charge in [0.2, 0.25) is 0 Å². The fraction of sp³-hybridized carbons (Fsp3) is 0.167. The third kappa shape index (κ3) is 2.96. The summed E-state index contributed by atoms with van der Waals surface area (Å²) in [6.45, 7) is 0.138. The molecule has 2 aliphatic rings. The summed E-state index contributed by atoms with van der Waals surface area (Å²) in [5.74, 6) is 0.850. The van der Waals surface area contributed by atoms with Gasteiger partial charge >= 0.3 is 0 Å². The molecule has 5 rings (SSSR count). The van der Waals surface area contributed by atoms with E-state index in [4.69, 9.17) is 9.47 Å². The molecule has 0 bridgehead atoms. The Morgan fingerprint density at radius 1 is 0.871 bits per heavy atom. The lowest BCUT2D eigenvalue weighted by molar-refractivity contribution is 0.0640. The largest absolute Gasteiger partial charge is 0.497 e. The summed E-state index contributed by atoms with van der Waals surface area (Å²) in [5.41, 5.74) is 3.75. The van der Waals surface area contributed by atoms with Gasteiger partial charge in [-0.1, -0.05) is 23.9 Å². The second kappa shape index (κ2) is 7.35. The van der Waals surface area contributed by atoms with E-state index in [1.807, 2.05) is 37.4 Å². The monoisotopic (exact) mass is 432 g/mol. The Kier molecular flexibility index (Phi) is 4.63. The highest BCUT2D eigenvalue weighted by Crippen LogP contribution is 2.52. The van der Waals surface area contributed by atoms with Crippen molar-refractivity contribution in [3.8, 4) is 11.5 Å². The number of amides is 2. The fourth-order valence-electron chi connectivity index (χ4n) is 4.08. The second-order valence-corrected chi connectivity index (χ2v) is 8.38. The lowest BCUT2D eigenvalue weighted by atomic mass is 10.1. The minimum Gasteiger partial charge on any atom is -0.497 e. The number of ether oxygens (including phenoxy) is 2. The maximum Gasteiger partial charge on any atom is 0.261 e. The molecule has 0 radical (unpaired) electrons. The number of hydrogen-bond acceptors (Lipinski definition) is 6. The maximum absolute atomic E-state index is 13.0. The zero-order chi connectivity index (χ0) is 21.7. The molecule has 3 aromatic carbocycles. The zero-order valence-electron chi connectivity index (χ0n) is 17.3. The van der Waals surface area contributed by atoms with Crippen molar-refractivity contribution in [3.05, 3.63) is 71.3 Å². The molecule has 7 heteroatoms. The molecule has 156 valence electrons. The SMILES string of the molecule is COc1ccc2c(c1)Sc1c(ccc(OC)c1CN1C(=O)c3ccccc3C1=O)N2C. The number of carbonyl (C=O) groups excluding carboxylic acids is 2. The molecular weight excluding hydrogens is 412 g/mol. The van der Waals surface area contributed by atoms with E-state index in [0.29, 0.717) is 16.9 Å². The predicted octanol–water partition coefficient (Wildman–Crippen LogP) is 4.73. The number of imide groups is 1. The van der Waals surface area contributed by atoms with E-state index in [0.717, 1.165) is 32.5 Å². The van der Waals surface area contributed by atoms with Crippen LogP contribution in [0.5, 0.6) is 11.5 Å². The van der Waals surface area contributed by atoms with E-state index in [9.17, 15) is 9.59 Å². The smallest absolute Gasteiger partial charge is 0.261 e. The number of carbonyl (C=O) groups is 2. The van der Waals surface area contributed by atoms with Crippen molar-refractivity contribution in [2.45, 2.75) is 16.3 Å². The zero-order valence-corrected chi connectivity index (χ0v) is 18.2. The molecule has 0 saturated carbocycles. The van der Waals surface area contributed by atoms with E-state index in [2.05, 4.69) is 4.90 Å². The second-order valence-electron chi connectivity index (χ2n) is 7.33. The van der Waals surface area contributed by atoms with Gasteiger partial charge in [0, 0.05) is 22.4 Å². The molecule has 2 amide bonds. The van der Waals surface area contributed by atoms with Crippen LogP contribution in [0.25, 0.3) is 0 Å². The highest BCUT2D eigenvalue weighted by molar-refractivity contribution is 7.99. The molecule has 2 heterocycles. The molecule has 6 nitrogen and oxygen atoms in total. The molecule has 31 heavy (non-hydrogen) atoms. The fourth-order valence-corrected chi connectivity index (χ4v) is 5.38. The Labute approximate surface area is 184 Å². The third-order valence-electron chi connectivity index (χ3n) is 5.71. The Morgan fingerprint density at radius 3 is 2.19 bits per heavy atom. The first-order valence-electron chi connectivity index (χ1n) is 9.78. The van der Waals surface area contributed by atoms with Gasteiger partial charge in [-0.05, 0) is 42.5 Å². The summed E-state index contributed by atoms with van der Waals surface area (Å²) in [7, 11) is 5.24. The molecule has 3 aromatic rings. The van der Waals surface area contributed by atoms with Crippen molar-refractivity contribution in [1.82, 2.24) is 4.90 Å². The lowest BCUT2D eigenvalue weighted by Gasteiger charge is -2.32. The Hall–Kier alpha value is -3.45. The van der Waals surface area contributed by atoms with Crippen molar-refractivity contribution in [1.29, 1.82) is 0 Å². The van der Waals surface area contributed by atoms with Crippen molar-refractivity contribution in [3.63, 3.8) is 0 Å². The minimum absolute atomic E-state index is 0.138. The number of nitrogens with zero attached hydrogens (tertiary/aromatic N) is 2. The number of methoxy groups -OCH3 is 2. The summed E-state index contributed by atoms with van der Waals surface area (Å²) in [5, 5.41) is 0. The van der Waals surface area contributed by atoms with Crippen LogP contribution < -0.4 is 14.4 Å². The van der Waals surface area contributed by atoms with Gasteiger partial charge in [0.1, 0.15) is 11.5 Å². The van der Waals surface area contributed by atoms with Gasteiger partial charge in [-0.3, -0.25) is 14.5 Å². The van der Waals surface area contributed by atoms with Crippen molar-refractivity contribution < 1.29 is 19.1 Å². The number of anilines is 2. The van der Waals surface area contributed by atoms with Crippen LogP contribution in [0.1, 0.15) is 26.3 Å². The van der Waals surface area contributed by atoms with Crippen molar-refractivity contribution in [2.75, 3.05) is 26.2 Å². The van der Waals surface area contributed by atoms with E-state index < -0.39 is 0 Å². The molecule has 0 saturated heterocycles. The average molecular weight is 433 g/mol. The van der Waals surface area contributed by atoms with Gasteiger partial charge in [0.05, 0.1) is 43.3 Å². The van der Waals surface area contributed by atoms with Crippen molar-refractivity contribution in [2.24, 2.45) is 0 Å². The first-order valence-corrected chi connectivity index (χ1v) is 10.6. The van der Waals surface area contributed by atoms with Gasteiger partial charge in [-0.25, -0.2) is 0 Å². The van der Waals surface area contributed by atoms with Crippen LogP contribution in [0, 0.1) is 0 Å². The quantitative estimate of drug-likeness (QED) is 0.556. The summed E-state index contributed by atoms with van der Waals surface area (Å²) < 4.78 is 11.0. The van der Waals surface area contributed by atoms with Gasteiger partial charge in [0.15, 0.2) is 0 Å². The van der Waals surface area contributed by atoms with Crippen LogP contribution in [0.3, 0.4) is 0 Å². The first kappa shape index (κ1) is 19.5. The highest BCUT2D eigenvalue weighted by atomic mass is 32.2. The van der Waals surface area contributed by atoms with E-state index in [1.165, 1.54) is 4.90 Å². The number of hydrogen-bond donors (Lipinski definition) is 0. The molecule has 0 N–H and O–H groups in total. The minimum atomic E-state index is -0.281. The van der Waals surface area contributed by atoms with Crippen LogP contribution in [0.2, 0.25) is 0 Å². The van der Waals surface area contributed by atoms with Gasteiger partial charge in [0.25, 0.3) is 11.8 Å². The predicted molar refractivity (Wildman–Crippen MR) is 119 cm³/mol. The summed E-state index contributed by atoms with van der Waals surface area (Å²) >= 11 is 1.59. The Bertz CT molecular complexity index is 1210. The highest BCUT2D eigenvalue weighted by Gasteiger charge is 2.37. The molecular formula is C24H20N2O4S. The summed E-state index contributed by atoms with van der Waals surface area (Å²) in [4.78, 5) is 31.3. The van der Waals surface area contributed by atoms with Crippen molar-refractivity contribution >= 4 is 35.0 Å². The summed E-state index contributed by atoms with van der Waals surface area (Å²) in [6, 6.07) is 16.8. The molecule has 0 fully saturated rings. The molecule has 0 atom stereocenters. The van der Waals surface area contributed by atoms with Crippen LogP contribution in [0.4, 0.5) is 11.4 Å². The van der Waals surface area contributed by atoms with E-state index >= 15 is 0 Å². The van der Waals surface area contributed by atoms with Gasteiger partial charge < -0.3 is 14.4 Å². The van der Waals surface area contributed by atoms with Crippen LogP contribution >= 0.6 is 11.8 Å². The van der Waals surface area contributed by atoms with Crippen LogP contribution in [-0.2, 0) is 6.54 Å². The number of benzene rings is 3. The molecule has 0 spiro atoms. The Balaban J connectivity index is 1.59. The lowest BCUT2D eigenvalue weighted by Crippen LogP contribution is -2.30. The molecule has 0 aromatic heterocycles. The normalized spacial score (nSPS) is 14.3. The summed E-state index contributed by atoms with van der Waals surface area (Å²) in [6.07, 6.45) is 0. The number of rotatable bonds is 4.